The van der Waals surface area contributed by atoms with Gasteiger partial charge in [-0.15, -0.1) is 11.3 Å². The Morgan fingerprint density at radius 1 is 1.20 bits per heavy atom. The second kappa shape index (κ2) is 5.38. The largest absolute Gasteiger partial charge is 0.398 e. The molecule has 1 aromatic heterocycles. The molecular formula is C16H12BrNOS. The monoisotopic (exact) mass is 345 g/mol. The number of fused-ring (bicyclic) bond motifs is 1. The lowest BCUT2D eigenvalue weighted by atomic mass is 10.0. The zero-order valence-electron chi connectivity index (χ0n) is 10.6. The molecule has 0 atom stereocenters. The number of nitrogens with two attached hydrogens (primary N) is 1. The van der Waals surface area contributed by atoms with Crippen molar-refractivity contribution in [3.8, 4) is 0 Å². The predicted octanol–water partition coefficient (Wildman–Crippen LogP) is 4.67. The van der Waals surface area contributed by atoms with E-state index in [9.17, 15) is 4.79 Å². The van der Waals surface area contributed by atoms with E-state index < -0.39 is 0 Å². The lowest BCUT2D eigenvalue weighted by Gasteiger charge is -2.03. The highest BCUT2D eigenvalue weighted by Gasteiger charge is 2.11. The highest BCUT2D eigenvalue weighted by molar-refractivity contribution is 9.10. The van der Waals surface area contributed by atoms with Crippen LogP contribution < -0.4 is 5.73 Å². The summed E-state index contributed by atoms with van der Waals surface area (Å²) in [7, 11) is 0. The van der Waals surface area contributed by atoms with Crippen LogP contribution in [0.15, 0.2) is 52.3 Å². The minimum Gasteiger partial charge on any atom is -0.398 e. The molecule has 2 nitrogen and oxygen atoms in total. The smallest absolute Gasteiger partial charge is 0.167 e. The van der Waals surface area contributed by atoms with Crippen LogP contribution in [0.4, 0.5) is 5.69 Å². The van der Waals surface area contributed by atoms with E-state index in [-0.39, 0.29) is 5.78 Å². The van der Waals surface area contributed by atoms with Crippen LogP contribution in [0.5, 0.6) is 0 Å². The Balaban J connectivity index is 1.90. The molecule has 3 rings (SSSR count). The normalized spacial score (nSPS) is 10.8. The fourth-order valence-electron chi connectivity index (χ4n) is 2.15. The number of thiophene rings is 1. The van der Waals surface area contributed by atoms with Crippen molar-refractivity contribution in [2.45, 2.75) is 6.42 Å². The number of halogens is 1. The van der Waals surface area contributed by atoms with E-state index in [1.807, 2.05) is 12.1 Å². The summed E-state index contributed by atoms with van der Waals surface area (Å²) < 4.78 is 1.98. The molecule has 100 valence electrons. The third kappa shape index (κ3) is 2.49. The van der Waals surface area contributed by atoms with Crippen molar-refractivity contribution < 1.29 is 4.79 Å². The molecule has 0 bridgehead atoms. The number of rotatable bonds is 3. The number of carbonyl (C=O) groups is 1. The quantitative estimate of drug-likeness (QED) is 0.553. The molecule has 0 unspecified atom stereocenters. The third-order valence-corrected chi connectivity index (χ3v) is 4.93. The van der Waals surface area contributed by atoms with Crippen LogP contribution in [-0.4, -0.2) is 5.78 Å². The highest BCUT2D eigenvalue weighted by Crippen LogP contribution is 2.27. The molecule has 0 radical (unpaired) electrons. The van der Waals surface area contributed by atoms with Gasteiger partial charge < -0.3 is 5.73 Å². The van der Waals surface area contributed by atoms with Crippen molar-refractivity contribution in [1.29, 1.82) is 0 Å². The van der Waals surface area contributed by atoms with Crippen LogP contribution in [0.3, 0.4) is 0 Å². The van der Waals surface area contributed by atoms with Crippen LogP contribution in [0.25, 0.3) is 10.1 Å². The molecule has 20 heavy (non-hydrogen) atoms. The number of Topliss-reactive ketones (excluding diaryl/α,β-unsaturated/α-hetero) is 1. The summed E-state index contributed by atoms with van der Waals surface area (Å²) in [5.74, 6) is 0.106. The number of hydrogen-bond donors (Lipinski definition) is 1. The topological polar surface area (TPSA) is 43.1 Å². The van der Waals surface area contributed by atoms with Crippen LogP contribution in [-0.2, 0) is 6.42 Å². The second-order valence-electron chi connectivity index (χ2n) is 4.59. The van der Waals surface area contributed by atoms with Crippen LogP contribution in [0.1, 0.15) is 15.9 Å². The highest BCUT2D eigenvalue weighted by atomic mass is 79.9. The maximum absolute atomic E-state index is 12.4. The molecule has 4 heteroatoms. The van der Waals surface area contributed by atoms with Crippen molar-refractivity contribution in [2.24, 2.45) is 0 Å². The molecule has 1 heterocycles. The van der Waals surface area contributed by atoms with Crippen LogP contribution in [0, 0.1) is 0 Å². The van der Waals surface area contributed by atoms with Crippen molar-refractivity contribution in [3.05, 3.63) is 63.4 Å². The van der Waals surface area contributed by atoms with Gasteiger partial charge in [-0.2, -0.15) is 0 Å². The maximum Gasteiger partial charge on any atom is 0.167 e. The first kappa shape index (κ1) is 13.3. The Kier molecular flexibility index (Phi) is 3.59. The fourth-order valence-corrected chi connectivity index (χ4v) is 3.49. The second-order valence-corrected chi connectivity index (χ2v) is 6.36. The molecule has 2 N–H and O–H groups in total. The van der Waals surface area contributed by atoms with E-state index in [4.69, 9.17) is 5.73 Å². The van der Waals surface area contributed by atoms with Crippen molar-refractivity contribution >= 4 is 48.8 Å². The standard InChI is InChI=1S/C16H12BrNOS/c17-13-7-10(5-6-14(13)18)15(19)8-11-9-20-16-4-2-1-3-12(11)16/h1-7,9H,8,18H2. The molecule has 0 spiro atoms. The SMILES string of the molecule is Nc1ccc(C(=O)Cc2csc3ccccc23)cc1Br. The third-order valence-electron chi connectivity index (χ3n) is 3.23. The summed E-state index contributed by atoms with van der Waals surface area (Å²) in [5.41, 5.74) is 8.15. The first-order valence-electron chi connectivity index (χ1n) is 6.18. The van der Waals surface area contributed by atoms with Crippen molar-refractivity contribution in [3.63, 3.8) is 0 Å². The first-order chi connectivity index (χ1) is 9.65. The van der Waals surface area contributed by atoms with Gasteiger partial charge in [-0.3, -0.25) is 4.79 Å². The Labute approximate surface area is 129 Å². The molecule has 0 fully saturated rings. The van der Waals surface area contributed by atoms with Crippen LogP contribution >= 0.6 is 27.3 Å². The van der Waals surface area contributed by atoms with E-state index in [0.717, 1.165) is 10.0 Å². The Hall–Kier alpha value is -1.65. The van der Waals surface area contributed by atoms with E-state index in [2.05, 4.69) is 33.4 Å². The van der Waals surface area contributed by atoms with Gasteiger partial charge in [0.15, 0.2) is 5.78 Å². The molecule has 0 saturated heterocycles. The van der Waals surface area contributed by atoms with Gasteiger partial charge >= 0.3 is 0 Å². The molecule has 0 saturated carbocycles. The summed E-state index contributed by atoms with van der Waals surface area (Å²) in [6, 6.07) is 13.5. The van der Waals surface area contributed by atoms with Gasteiger partial charge in [0, 0.05) is 26.8 Å². The average molecular weight is 346 g/mol. The molecule has 0 aliphatic carbocycles. The molecule has 2 aromatic carbocycles. The Morgan fingerprint density at radius 2 is 2.00 bits per heavy atom. The number of nitrogen functional groups attached to an aromatic ring is 1. The zero-order chi connectivity index (χ0) is 14.1. The maximum atomic E-state index is 12.4. The molecule has 3 aromatic rings. The zero-order valence-corrected chi connectivity index (χ0v) is 13.0. The molecule has 0 aliphatic rings. The van der Waals surface area contributed by atoms with Gasteiger partial charge in [0.1, 0.15) is 0 Å². The summed E-state index contributed by atoms with van der Waals surface area (Å²) in [4.78, 5) is 12.4. The Bertz CT molecular complexity index is 794. The molecule has 0 amide bonds. The first-order valence-corrected chi connectivity index (χ1v) is 7.86. The van der Waals surface area contributed by atoms with Crippen molar-refractivity contribution in [1.82, 2.24) is 0 Å². The minimum absolute atomic E-state index is 0.106. The number of carbonyl (C=O) groups excluding carboxylic acids is 1. The van der Waals surface area contributed by atoms with Gasteiger partial charge in [0.2, 0.25) is 0 Å². The molecular weight excluding hydrogens is 334 g/mol. The van der Waals surface area contributed by atoms with Gasteiger partial charge in [0.05, 0.1) is 0 Å². The summed E-state index contributed by atoms with van der Waals surface area (Å²) in [6.07, 6.45) is 0.417. The van der Waals surface area contributed by atoms with E-state index in [1.165, 1.54) is 10.1 Å². The fraction of sp³-hybridized carbons (Fsp3) is 0.0625. The number of anilines is 1. The van der Waals surface area contributed by atoms with Crippen LogP contribution in [0.2, 0.25) is 0 Å². The lowest BCUT2D eigenvalue weighted by molar-refractivity contribution is 0.0993. The lowest BCUT2D eigenvalue weighted by Crippen LogP contribution is -2.03. The minimum atomic E-state index is 0.106. The predicted molar refractivity (Wildman–Crippen MR) is 88.4 cm³/mol. The number of ketones is 1. The summed E-state index contributed by atoms with van der Waals surface area (Å²) in [5, 5.41) is 3.23. The number of benzene rings is 2. The Morgan fingerprint density at radius 3 is 2.80 bits per heavy atom. The van der Waals surface area contributed by atoms with Gasteiger partial charge in [0.25, 0.3) is 0 Å². The van der Waals surface area contributed by atoms with E-state index in [0.29, 0.717) is 17.7 Å². The summed E-state index contributed by atoms with van der Waals surface area (Å²) >= 11 is 5.03. The number of hydrogen-bond acceptors (Lipinski definition) is 3. The molecule has 0 aliphatic heterocycles. The average Bonchev–Trinajstić information content (AvgIpc) is 2.85. The van der Waals surface area contributed by atoms with Gasteiger partial charge in [-0.25, -0.2) is 0 Å². The summed E-state index contributed by atoms with van der Waals surface area (Å²) in [6.45, 7) is 0. The van der Waals surface area contributed by atoms with Gasteiger partial charge in [-0.05, 0) is 56.5 Å². The van der Waals surface area contributed by atoms with Crippen molar-refractivity contribution in [2.75, 3.05) is 5.73 Å². The van der Waals surface area contributed by atoms with Gasteiger partial charge in [-0.1, -0.05) is 18.2 Å². The van der Waals surface area contributed by atoms with E-state index >= 15 is 0 Å². The van der Waals surface area contributed by atoms with E-state index in [1.54, 1.807) is 29.5 Å².